The summed E-state index contributed by atoms with van der Waals surface area (Å²) >= 11 is -0.665. The van der Waals surface area contributed by atoms with Crippen LogP contribution in [0.5, 0.6) is 11.5 Å². The van der Waals surface area contributed by atoms with Crippen molar-refractivity contribution in [2.75, 3.05) is 9.80 Å². The zero-order valence-corrected chi connectivity index (χ0v) is 42.9. The summed E-state index contributed by atoms with van der Waals surface area (Å²) in [5.41, 5.74) is 13.4. The molecule has 0 saturated carbocycles. The van der Waals surface area contributed by atoms with Crippen LogP contribution in [0, 0.1) is 12.1 Å². The molecule has 0 atom stereocenters. The van der Waals surface area contributed by atoms with Crippen molar-refractivity contribution in [3.63, 3.8) is 0 Å². The van der Waals surface area contributed by atoms with Crippen LogP contribution in [0.4, 0.5) is 34.1 Å². The lowest BCUT2D eigenvalue weighted by atomic mass is 10.0. The van der Waals surface area contributed by atoms with Crippen LogP contribution in [-0.4, -0.2) is 20.9 Å². The van der Waals surface area contributed by atoms with Crippen LogP contribution in [0.1, 0.15) is 5.69 Å². The van der Waals surface area contributed by atoms with E-state index in [1.54, 1.807) is 0 Å². The van der Waals surface area contributed by atoms with Crippen LogP contribution in [-0.2, 0) is 0 Å². The quantitative estimate of drug-likeness (QED) is 0.0976. The summed E-state index contributed by atoms with van der Waals surface area (Å²) in [7, 11) is 2.48. The normalized spacial score (nSPS) is 10.7. The molecule has 0 fully saturated rings. The predicted molar refractivity (Wildman–Crippen MR) is 313 cm³/mol. The van der Waals surface area contributed by atoms with Gasteiger partial charge in [0.25, 0.3) is 0 Å². The van der Waals surface area contributed by atoms with Crippen LogP contribution >= 0.6 is 9.03 Å². The highest BCUT2D eigenvalue weighted by molar-refractivity contribution is 7.02. The molecule has 0 aliphatic carbocycles. The summed E-state index contributed by atoms with van der Waals surface area (Å²) in [6.07, 6.45) is 0. The van der Waals surface area contributed by atoms with Gasteiger partial charge in [0.2, 0.25) is 0 Å². The Morgan fingerprint density at radius 1 is 0.392 bits per heavy atom. The van der Waals surface area contributed by atoms with Crippen LogP contribution in [0.15, 0.2) is 279 Å². The van der Waals surface area contributed by atoms with Crippen molar-refractivity contribution >= 4 is 91.5 Å². The lowest BCUT2D eigenvalue weighted by Crippen LogP contribution is -2.11. The Morgan fingerprint density at radius 2 is 0.784 bits per heavy atom. The van der Waals surface area contributed by atoms with Gasteiger partial charge in [-0.15, -0.1) is 0 Å². The Labute approximate surface area is 443 Å². The molecule has 6 nitrogen and oxygen atoms in total. The van der Waals surface area contributed by atoms with E-state index < -0.39 is 15.9 Å². The average Bonchev–Trinajstić information content (AvgIpc) is 3.47. The third kappa shape index (κ3) is 11.1. The number of benzene rings is 11. The van der Waals surface area contributed by atoms with Gasteiger partial charge >= 0.3 is 15.9 Å². The van der Waals surface area contributed by atoms with Gasteiger partial charge in [-0.1, -0.05) is 194 Å². The standard InChI is InChI=1S/C44H32N2.C12H10O.C10H9NO.Al.H2NP/c1-3-17-37(18-4-1)45(43-23-11-15-35-13-7-9-21-41(35)43)39-29-25-33(26-30-39)34-27-31-40(32-28-34)46(38-19-5-2-6-20-38)44-24-12-16-36-14-8-10-22-42(36)44;13-12-8-6-11(7-9-12)10-4-2-1-3-5-10;1-7-5-6-8-3-2-4-9(12)10(8)11-7;;1-2/h1-32H;1-9,13H;2-6,12H,1H3;;1-2H/q;;;+2;/p-2/i/hD. The van der Waals surface area contributed by atoms with E-state index in [1.807, 2.05) is 61.5 Å². The molecule has 0 aliphatic rings. The van der Waals surface area contributed by atoms with Gasteiger partial charge in [0, 0.05) is 44.6 Å². The maximum Gasteiger partial charge on any atom is 0.881 e. The molecular weight excluding hydrogens is 939 g/mol. The first kappa shape index (κ1) is 47.5. The highest BCUT2D eigenvalue weighted by atomic mass is 31.0. The van der Waals surface area contributed by atoms with Gasteiger partial charge < -0.3 is 17.4 Å². The van der Waals surface area contributed by atoms with Crippen molar-refractivity contribution in [3.05, 3.63) is 285 Å². The first-order valence-electron chi connectivity index (χ1n) is 24.8. The van der Waals surface area contributed by atoms with E-state index in [0.29, 0.717) is 0 Å². The van der Waals surface area contributed by atoms with Gasteiger partial charge in [-0.25, -0.2) is 4.98 Å². The Kier molecular flexibility index (Phi) is 15.2. The Balaban J connectivity index is 0.000000187. The van der Waals surface area contributed by atoms with Crippen LogP contribution in [0.25, 0.3) is 54.7 Å². The largest absolute Gasteiger partial charge is 0.881 e. The minimum Gasteiger partial charge on any atom is -0.616 e. The van der Waals surface area contributed by atoms with Gasteiger partial charge in [-0.3, -0.25) is 5.15 Å². The first-order valence-corrected chi connectivity index (χ1v) is 25.8. The highest BCUT2D eigenvalue weighted by Gasteiger charge is 2.18. The molecule has 1 N–H and O–H groups in total. The van der Waals surface area contributed by atoms with E-state index in [-0.39, 0.29) is 0 Å². The van der Waals surface area contributed by atoms with E-state index in [0.717, 1.165) is 62.2 Å². The molecule has 0 unspecified atom stereocenters. The third-order valence-electron chi connectivity index (χ3n) is 12.8. The number of hydrogen-bond acceptors (Lipinski definition) is 6. The van der Waals surface area contributed by atoms with Crippen molar-refractivity contribution in [2.24, 2.45) is 0 Å². The molecule has 12 aromatic rings. The molecule has 0 bridgehead atoms. The van der Waals surface area contributed by atoms with Crippen LogP contribution in [0.3, 0.4) is 0 Å². The molecule has 8 heteroatoms. The fraction of sp³-hybridized carbons (Fsp3) is 0.0152. The monoisotopic (exact) mass is 990 g/mol. The Bertz CT molecular complexity index is 3620. The SMILES string of the molecule is Cc1ccc2cccc([O][Al][O]c3ccc(-c4ccccc4)cc3)c2n1.[2H]N=P.c1ccc(N(c2ccc(-c3ccc(N(c4ccccc4)c4cccc5ccccc45)cc3)cc2)c2cccc3ccccc23)cc1. The van der Waals surface area contributed by atoms with E-state index in [2.05, 4.69) is 253 Å². The summed E-state index contributed by atoms with van der Waals surface area (Å²) in [5.74, 6) is 1.58. The van der Waals surface area contributed by atoms with Gasteiger partial charge in [-0.05, 0) is 134 Å². The van der Waals surface area contributed by atoms with Crippen LogP contribution in [0.2, 0.25) is 1.41 Å². The minimum atomic E-state index is -0.665. The second kappa shape index (κ2) is 23.6. The second-order valence-corrected chi connectivity index (χ2v) is 18.1. The number of para-hydroxylation sites is 3. The van der Waals surface area contributed by atoms with Gasteiger partial charge in [0.15, 0.2) is 1.41 Å². The summed E-state index contributed by atoms with van der Waals surface area (Å²) in [4.78, 5) is 9.27. The number of aromatic nitrogens is 1. The molecule has 0 aliphatic heterocycles. The van der Waals surface area contributed by atoms with Crippen molar-refractivity contribution in [3.8, 4) is 33.8 Å². The molecule has 11 aromatic carbocycles. The summed E-state index contributed by atoms with van der Waals surface area (Å²) in [6.45, 7) is 1.98. The number of nitrogens with one attached hydrogen (secondary N) is 1. The van der Waals surface area contributed by atoms with Gasteiger partial charge in [0.1, 0.15) is 11.3 Å². The summed E-state index contributed by atoms with van der Waals surface area (Å²) in [5, 5.41) is 8.53. The molecular formula is C66H51AlN4O2P. The molecule has 74 heavy (non-hydrogen) atoms. The number of anilines is 6. The molecule has 1 aromatic heterocycles. The number of pyridine rings is 1. The average molecular weight is 991 g/mol. The van der Waals surface area contributed by atoms with Crippen molar-refractivity contribution < 1.29 is 8.99 Å². The summed E-state index contributed by atoms with van der Waals surface area (Å²) < 4.78 is 17.5. The fourth-order valence-corrected chi connectivity index (χ4v) is 9.83. The number of fused-ring (bicyclic) bond motifs is 3. The molecule has 355 valence electrons. The lowest BCUT2D eigenvalue weighted by Gasteiger charge is -2.27. The zero-order chi connectivity index (χ0) is 51.2. The fourth-order valence-electron chi connectivity index (χ4n) is 9.22. The number of nitrogens with zero attached hydrogens (tertiary/aromatic N) is 3. The van der Waals surface area contributed by atoms with E-state index in [4.69, 9.17) is 8.99 Å². The second-order valence-electron chi connectivity index (χ2n) is 17.4. The van der Waals surface area contributed by atoms with Gasteiger partial charge in [-0.2, -0.15) is 0 Å². The van der Waals surface area contributed by atoms with E-state index in [1.165, 1.54) is 43.8 Å². The highest BCUT2D eigenvalue weighted by Crippen LogP contribution is 2.42. The maximum absolute atomic E-state index is 5.89. The molecule has 1 heterocycles. The topological polar surface area (TPSA) is 61.7 Å². The van der Waals surface area contributed by atoms with Crippen molar-refractivity contribution in [2.45, 2.75) is 6.92 Å². The predicted octanol–water partition coefficient (Wildman–Crippen LogP) is 18.7. The van der Waals surface area contributed by atoms with Crippen LogP contribution < -0.4 is 17.4 Å². The van der Waals surface area contributed by atoms with E-state index in [9.17, 15) is 0 Å². The molecule has 0 saturated heterocycles. The molecule has 12 rings (SSSR count). The molecule has 1 radical (unpaired) electrons. The minimum absolute atomic E-state index is 0.665. The number of rotatable bonds is 12. The number of hydrogen-bond donors (Lipinski definition) is 1. The van der Waals surface area contributed by atoms with E-state index >= 15 is 0 Å². The Morgan fingerprint density at radius 3 is 1.30 bits per heavy atom. The van der Waals surface area contributed by atoms with Crippen molar-refractivity contribution in [1.29, 1.82) is 5.15 Å². The number of aryl methyl sites for hydroxylation is 1. The maximum atomic E-state index is 5.89. The smallest absolute Gasteiger partial charge is 0.616 e. The Hall–Kier alpha value is -8.82. The zero-order valence-electron chi connectivity index (χ0n) is 41.7. The molecule has 0 spiro atoms. The van der Waals surface area contributed by atoms with Gasteiger partial charge in [0.05, 0.1) is 17.1 Å². The van der Waals surface area contributed by atoms with Crippen molar-refractivity contribution in [1.82, 2.24) is 4.98 Å². The summed E-state index contributed by atoms with van der Waals surface area (Å²) in [6, 6.07) is 97.6. The third-order valence-corrected chi connectivity index (χ3v) is 13.5. The first-order chi connectivity index (χ1) is 37.0. The molecule has 0 amide bonds. The lowest BCUT2D eigenvalue weighted by molar-refractivity contribution is 0.461.